The number of nitrogens with one attached hydrogen (secondary N) is 1. The van der Waals surface area contributed by atoms with Crippen LogP contribution in [-0.2, 0) is 9.59 Å². The number of carboxylic acids is 1. The summed E-state index contributed by atoms with van der Waals surface area (Å²) < 4.78 is 0. The first-order valence-electron chi connectivity index (χ1n) is 7.66. The van der Waals surface area contributed by atoms with Gasteiger partial charge in [-0.2, -0.15) is 0 Å². The molecule has 5 unspecified atom stereocenters. The topological polar surface area (TPSA) is 66.4 Å². The van der Waals surface area contributed by atoms with Crippen molar-refractivity contribution >= 4 is 11.9 Å². The number of aliphatic carboxylic acids is 1. The second kappa shape index (κ2) is 5.14. The highest BCUT2D eigenvalue weighted by Gasteiger charge is 2.43. The highest BCUT2D eigenvalue weighted by molar-refractivity contribution is 5.80. The number of rotatable bonds is 3. The summed E-state index contributed by atoms with van der Waals surface area (Å²) in [4.78, 5) is 23.4. The zero-order chi connectivity index (χ0) is 13.4. The Morgan fingerprint density at radius 2 is 1.84 bits per heavy atom. The van der Waals surface area contributed by atoms with E-state index >= 15 is 0 Å². The van der Waals surface area contributed by atoms with Crippen LogP contribution in [0.4, 0.5) is 0 Å². The minimum atomic E-state index is -0.709. The molecule has 106 valence electrons. The van der Waals surface area contributed by atoms with E-state index in [2.05, 4.69) is 5.32 Å². The highest BCUT2D eigenvalue weighted by atomic mass is 16.4. The Morgan fingerprint density at radius 1 is 1.00 bits per heavy atom. The molecule has 0 saturated heterocycles. The molecule has 2 bridgehead atoms. The lowest BCUT2D eigenvalue weighted by atomic mass is 9.84. The Morgan fingerprint density at radius 3 is 2.47 bits per heavy atom. The van der Waals surface area contributed by atoms with Crippen molar-refractivity contribution < 1.29 is 14.7 Å². The van der Waals surface area contributed by atoms with Gasteiger partial charge in [0.2, 0.25) is 5.91 Å². The van der Waals surface area contributed by atoms with Crippen molar-refractivity contribution in [2.24, 2.45) is 23.7 Å². The van der Waals surface area contributed by atoms with Crippen LogP contribution in [0.15, 0.2) is 0 Å². The van der Waals surface area contributed by atoms with Crippen LogP contribution >= 0.6 is 0 Å². The van der Waals surface area contributed by atoms with Crippen LogP contribution in [-0.4, -0.2) is 23.0 Å². The number of hydrogen-bond acceptors (Lipinski definition) is 2. The maximum Gasteiger partial charge on any atom is 0.306 e. The minimum absolute atomic E-state index is 0.0847. The third-order valence-electron chi connectivity index (χ3n) is 5.44. The van der Waals surface area contributed by atoms with E-state index < -0.39 is 5.97 Å². The maximum absolute atomic E-state index is 12.3. The van der Waals surface area contributed by atoms with Crippen molar-refractivity contribution in [3.05, 3.63) is 0 Å². The lowest BCUT2D eigenvalue weighted by Crippen LogP contribution is -2.43. The summed E-state index contributed by atoms with van der Waals surface area (Å²) in [5.41, 5.74) is 0. The summed E-state index contributed by atoms with van der Waals surface area (Å²) in [6.45, 7) is 0. The molecule has 0 heterocycles. The normalized spacial score (nSPS) is 41.2. The zero-order valence-corrected chi connectivity index (χ0v) is 11.3. The molecule has 0 spiro atoms. The molecule has 0 radical (unpaired) electrons. The molecule has 4 heteroatoms. The second-order valence-electron chi connectivity index (χ2n) is 6.69. The Balaban J connectivity index is 1.53. The van der Waals surface area contributed by atoms with E-state index in [0.29, 0.717) is 12.3 Å². The summed E-state index contributed by atoms with van der Waals surface area (Å²) in [6.07, 6.45) is 8.04. The number of fused-ring (bicyclic) bond motifs is 2. The van der Waals surface area contributed by atoms with Crippen LogP contribution < -0.4 is 5.32 Å². The smallest absolute Gasteiger partial charge is 0.306 e. The molecule has 19 heavy (non-hydrogen) atoms. The summed E-state index contributed by atoms with van der Waals surface area (Å²) in [5.74, 6) is 0.813. The van der Waals surface area contributed by atoms with Gasteiger partial charge in [0.05, 0.1) is 5.92 Å². The molecular formula is C15H23NO3. The van der Waals surface area contributed by atoms with Gasteiger partial charge < -0.3 is 10.4 Å². The van der Waals surface area contributed by atoms with Gasteiger partial charge in [-0.1, -0.05) is 12.8 Å². The predicted octanol–water partition coefficient (Wildman–Crippen LogP) is 2.18. The van der Waals surface area contributed by atoms with Crippen LogP contribution in [0, 0.1) is 23.7 Å². The number of carboxylic acid groups (broad SMARTS) is 1. The van der Waals surface area contributed by atoms with Gasteiger partial charge in [0.25, 0.3) is 0 Å². The average Bonchev–Trinajstić information content (AvgIpc) is 3.01. The molecule has 3 fully saturated rings. The number of carbonyl (C=O) groups is 2. The van der Waals surface area contributed by atoms with Crippen LogP contribution in [0.3, 0.4) is 0 Å². The van der Waals surface area contributed by atoms with Crippen molar-refractivity contribution in [2.45, 2.75) is 57.4 Å². The number of amides is 1. The van der Waals surface area contributed by atoms with Crippen molar-refractivity contribution in [1.82, 2.24) is 5.32 Å². The molecule has 0 aromatic carbocycles. The van der Waals surface area contributed by atoms with Crippen LogP contribution in [0.5, 0.6) is 0 Å². The molecule has 0 aromatic heterocycles. The molecule has 2 N–H and O–H groups in total. The Bertz CT molecular complexity index is 382. The summed E-state index contributed by atoms with van der Waals surface area (Å²) in [7, 11) is 0. The van der Waals surface area contributed by atoms with Gasteiger partial charge in [0, 0.05) is 12.0 Å². The van der Waals surface area contributed by atoms with Crippen molar-refractivity contribution in [3.8, 4) is 0 Å². The summed E-state index contributed by atoms with van der Waals surface area (Å²) in [6, 6.07) is 0.0847. The maximum atomic E-state index is 12.3. The first-order chi connectivity index (χ1) is 9.13. The third kappa shape index (κ3) is 2.63. The fourth-order valence-corrected chi connectivity index (χ4v) is 4.42. The molecule has 5 atom stereocenters. The quantitative estimate of drug-likeness (QED) is 0.822. The summed E-state index contributed by atoms with van der Waals surface area (Å²) >= 11 is 0. The SMILES string of the molecule is O=C(O)C1CCCC(NC(=O)C2CC3CCC2C3)C1. The standard InChI is InChI=1S/C15H23NO3/c17-14(13-7-9-4-5-10(13)6-9)16-12-3-1-2-11(8-12)15(18)19/h9-13H,1-8H2,(H,16,17)(H,18,19). The molecule has 1 amide bonds. The fraction of sp³-hybridized carbons (Fsp3) is 0.867. The molecule has 3 saturated carbocycles. The van der Waals surface area contributed by atoms with Crippen molar-refractivity contribution in [1.29, 1.82) is 0 Å². The monoisotopic (exact) mass is 265 g/mol. The first-order valence-corrected chi connectivity index (χ1v) is 7.66. The Labute approximate surface area is 113 Å². The molecule has 0 aromatic rings. The van der Waals surface area contributed by atoms with Crippen molar-refractivity contribution in [2.75, 3.05) is 0 Å². The number of carbonyl (C=O) groups excluding carboxylic acids is 1. The number of hydrogen-bond donors (Lipinski definition) is 2. The van der Waals surface area contributed by atoms with Gasteiger partial charge in [-0.15, -0.1) is 0 Å². The molecule has 3 aliphatic carbocycles. The molecular weight excluding hydrogens is 242 g/mol. The fourth-order valence-electron chi connectivity index (χ4n) is 4.42. The van der Waals surface area contributed by atoms with Gasteiger partial charge in [0.1, 0.15) is 0 Å². The highest BCUT2D eigenvalue weighted by Crippen LogP contribution is 2.48. The molecule has 3 rings (SSSR count). The summed E-state index contributed by atoms with van der Waals surface area (Å²) in [5, 5.41) is 12.2. The lowest BCUT2D eigenvalue weighted by molar-refractivity contribution is -0.143. The lowest BCUT2D eigenvalue weighted by Gasteiger charge is -2.30. The van der Waals surface area contributed by atoms with E-state index in [0.717, 1.165) is 31.6 Å². The third-order valence-corrected chi connectivity index (χ3v) is 5.44. The van der Waals surface area contributed by atoms with Gasteiger partial charge in [-0.05, 0) is 50.4 Å². The van der Waals surface area contributed by atoms with E-state index in [1.807, 2.05) is 0 Å². The van der Waals surface area contributed by atoms with Crippen LogP contribution in [0.1, 0.15) is 51.4 Å². The molecule has 4 nitrogen and oxygen atoms in total. The van der Waals surface area contributed by atoms with Gasteiger partial charge in [0.15, 0.2) is 0 Å². The van der Waals surface area contributed by atoms with Gasteiger partial charge >= 0.3 is 5.97 Å². The zero-order valence-electron chi connectivity index (χ0n) is 11.3. The van der Waals surface area contributed by atoms with Gasteiger partial charge in [-0.3, -0.25) is 9.59 Å². The molecule has 3 aliphatic rings. The van der Waals surface area contributed by atoms with E-state index in [9.17, 15) is 9.59 Å². The van der Waals surface area contributed by atoms with Crippen molar-refractivity contribution in [3.63, 3.8) is 0 Å². The van der Waals surface area contributed by atoms with E-state index in [1.165, 1.54) is 19.3 Å². The van der Waals surface area contributed by atoms with E-state index in [-0.39, 0.29) is 23.8 Å². The minimum Gasteiger partial charge on any atom is -0.481 e. The molecule has 0 aliphatic heterocycles. The van der Waals surface area contributed by atoms with Gasteiger partial charge in [-0.25, -0.2) is 0 Å². The van der Waals surface area contributed by atoms with E-state index in [1.54, 1.807) is 0 Å². The average molecular weight is 265 g/mol. The van der Waals surface area contributed by atoms with Crippen LogP contribution in [0.25, 0.3) is 0 Å². The largest absolute Gasteiger partial charge is 0.481 e. The first kappa shape index (κ1) is 12.9. The predicted molar refractivity (Wildman–Crippen MR) is 70.5 cm³/mol. The second-order valence-corrected chi connectivity index (χ2v) is 6.69. The Hall–Kier alpha value is -1.06. The Kier molecular flexibility index (Phi) is 3.50. The van der Waals surface area contributed by atoms with E-state index in [4.69, 9.17) is 5.11 Å². The van der Waals surface area contributed by atoms with Crippen LogP contribution in [0.2, 0.25) is 0 Å².